The lowest BCUT2D eigenvalue weighted by molar-refractivity contribution is -0.153. The monoisotopic (exact) mass is 366 g/mol. The minimum atomic E-state index is -1.77. The molecule has 3 atom stereocenters. The molecular weight excluding hydrogens is 340 g/mol. The molecule has 0 aromatic carbocycles. The highest BCUT2D eigenvalue weighted by atomic mass is 32.1. The molecule has 1 aromatic rings. The van der Waals surface area contributed by atoms with E-state index >= 15 is 0 Å². The fraction of sp³-hybridized carbons (Fsp3) is 0.556. The summed E-state index contributed by atoms with van der Waals surface area (Å²) in [5.41, 5.74) is 1.10. The molecular formula is C18H26N2O4S. The van der Waals surface area contributed by atoms with Gasteiger partial charge in [-0.3, -0.25) is 9.59 Å². The molecule has 7 heteroatoms. The maximum atomic E-state index is 12.5. The first-order chi connectivity index (χ1) is 11.9. The standard InChI is InChI=1S/C18H26N2O4S/c1-3-4-6-13-7-5-8-20(13)18(24)16(22)15(21)17(23)19-10-14-9-12(2)11-25-14/h3-4,9,11,13,15-16,21-22H,5-8,10H2,1-2H3,(H,19,23)/b4-3-. The smallest absolute Gasteiger partial charge is 0.254 e. The quantitative estimate of drug-likeness (QED) is 0.636. The Morgan fingerprint density at radius 3 is 2.84 bits per heavy atom. The van der Waals surface area contributed by atoms with E-state index < -0.39 is 24.0 Å². The maximum Gasteiger partial charge on any atom is 0.254 e. The number of likely N-dealkylation sites (tertiary alicyclic amines) is 1. The summed E-state index contributed by atoms with van der Waals surface area (Å²) in [5, 5.41) is 24.7. The Bertz CT molecular complexity index is 628. The fourth-order valence-corrected chi connectivity index (χ4v) is 3.79. The number of thiophene rings is 1. The molecule has 2 heterocycles. The molecule has 138 valence electrons. The van der Waals surface area contributed by atoms with Crippen molar-refractivity contribution in [2.24, 2.45) is 0 Å². The van der Waals surface area contributed by atoms with Gasteiger partial charge in [-0.05, 0) is 50.1 Å². The van der Waals surface area contributed by atoms with Gasteiger partial charge in [0, 0.05) is 17.5 Å². The molecule has 0 radical (unpaired) electrons. The number of amides is 2. The number of carbonyl (C=O) groups excluding carboxylic acids is 2. The van der Waals surface area contributed by atoms with Crippen molar-refractivity contribution in [3.63, 3.8) is 0 Å². The topological polar surface area (TPSA) is 89.9 Å². The van der Waals surface area contributed by atoms with Gasteiger partial charge in [-0.25, -0.2) is 0 Å². The second kappa shape index (κ2) is 9.12. The van der Waals surface area contributed by atoms with Gasteiger partial charge in [0.2, 0.25) is 0 Å². The predicted molar refractivity (Wildman–Crippen MR) is 97.1 cm³/mol. The van der Waals surface area contributed by atoms with Crippen molar-refractivity contribution < 1.29 is 19.8 Å². The van der Waals surface area contributed by atoms with Crippen molar-refractivity contribution in [2.75, 3.05) is 6.54 Å². The lowest BCUT2D eigenvalue weighted by atomic mass is 10.1. The van der Waals surface area contributed by atoms with Crippen LogP contribution in [0, 0.1) is 6.92 Å². The van der Waals surface area contributed by atoms with Crippen LogP contribution in [0.3, 0.4) is 0 Å². The summed E-state index contributed by atoms with van der Waals surface area (Å²) in [6.45, 7) is 4.68. The van der Waals surface area contributed by atoms with Crippen LogP contribution in [0.5, 0.6) is 0 Å². The second-order valence-corrected chi connectivity index (χ2v) is 7.33. The number of carbonyl (C=O) groups is 2. The van der Waals surface area contributed by atoms with Crippen LogP contribution in [0.2, 0.25) is 0 Å². The highest BCUT2D eigenvalue weighted by Gasteiger charge is 2.37. The van der Waals surface area contributed by atoms with Crippen LogP contribution in [-0.2, 0) is 16.1 Å². The first kappa shape index (κ1) is 19.6. The number of hydrogen-bond acceptors (Lipinski definition) is 5. The molecule has 1 fully saturated rings. The second-order valence-electron chi connectivity index (χ2n) is 6.33. The Hall–Kier alpha value is -1.70. The Kier molecular flexibility index (Phi) is 7.16. The first-order valence-electron chi connectivity index (χ1n) is 8.53. The number of aliphatic hydroxyl groups is 2. The summed E-state index contributed by atoms with van der Waals surface area (Å²) in [6.07, 6.45) is 2.84. The van der Waals surface area contributed by atoms with Crippen LogP contribution in [0.25, 0.3) is 0 Å². The highest BCUT2D eigenvalue weighted by molar-refractivity contribution is 7.10. The van der Waals surface area contributed by atoms with E-state index in [0.717, 1.165) is 29.7 Å². The summed E-state index contributed by atoms with van der Waals surface area (Å²) in [5.74, 6) is -1.32. The van der Waals surface area contributed by atoms with Crippen molar-refractivity contribution in [2.45, 2.75) is 57.9 Å². The largest absolute Gasteiger partial charge is 0.380 e. The molecule has 1 aliphatic rings. The summed E-state index contributed by atoms with van der Waals surface area (Å²) in [6, 6.07) is 1.96. The van der Waals surface area contributed by atoms with E-state index in [4.69, 9.17) is 0 Å². The molecule has 0 spiro atoms. The fourth-order valence-electron chi connectivity index (χ4n) is 2.97. The van der Waals surface area contributed by atoms with Crippen LogP contribution in [-0.4, -0.2) is 51.7 Å². The summed E-state index contributed by atoms with van der Waals surface area (Å²) < 4.78 is 0. The molecule has 3 N–H and O–H groups in total. The van der Waals surface area contributed by atoms with E-state index in [0.29, 0.717) is 6.54 Å². The third kappa shape index (κ3) is 5.14. The van der Waals surface area contributed by atoms with Gasteiger partial charge in [-0.1, -0.05) is 12.2 Å². The number of aryl methyl sites for hydroxylation is 1. The lowest BCUT2D eigenvalue weighted by Crippen LogP contribution is -2.51. The number of nitrogens with zero attached hydrogens (tertiary/aromatic N) is 1. The molecule has 3 unspecified atom stereocenters. The minimum absolute atomic E-state index is 0.0164. The average molecular weight is 366 g/mol. The van der Waals surface area contributed by atoms with Crippen LogP contribution in [0.1, 0.15) is 36.6 Å². The molecule has 6 nitrogen and oxygen atoms in total. The van der Waals surface area contributed by atoms with Gasteiger partial charge < -0.3 is 20.4 Å². The number of aliphatic hydroxyl groups excluding tert-OH is 2. The van der Waals surface area contributed by atoms with Gasteiger partial charge in [0.05, 0.1) is 6.54 Å². The number of allylic oxidation sites excluding steroid dienone is 1. The van der Waals surface area contributed by atoms with E-state index in [2.05, 4.69) is 5.32 Å². The van der Waals surface area contributed by atoms with E-state index in [1.54, 1.807) is 4.90 Å². The van der Waals surface area contributed by atoms with Crippen LogP contribution in [0.4, 0.5) is 0 Å². The van der Waals surface area contributed by atoms with Crippen molar-refractivity contribution in [3.8, 4) is 0 Å². The van der Waals surface area contributed by atoms with Gasteiger partial charge in [0.25, 0.3) is 11.8 Å². The first-order valence-corrected chi connectivity index (χ1v) is 9.41. The van der Waals surface area contributed by atoms with Gasteiger partial charge in [0.15, 0.2) is 12.2 Å². The van der Waals surface area contributed by atoms with E-state index in [-0.39, 0.29) is 12.6 Å². The number of nitrogens with one attached hydrogen (secondary N) is 1. The summed E-state index contributed by atoms with van der Waals surface area (Å²) >= 11 is 1.51. The molecule has 1 saturated heterocycles. The third-order valence-corrected chi connectivity index (χ3v) is 5.40. The Balaban J connectivity index is 1.89. The van der Waals surface area contributed by atoms with Crippen molar-refractivity contribution in [1.82, 2.24) is 10.2 Å². The highest BCUT2D eigenvalue weighted by Crippen LogP contribution is 2.22. The predicted octanol–water partition coefficient (Wildman–Crippen LogP) is 1.35. The number of hydrogen-bond donors (Lipinski definition) is 3. The van der Waals surface area contributed by atoms with E-state index in [1.807, 2.05) is 37.4 Å². The molecule has 25 heavy (non-hydrogen) atoms. The SMILES string of the molecule is C/C=C\CC1CCCN1C(=O)C(O)C(O)C(=O)NCc1cc(C)cs1. The summed E-state index contributed by atoms with van der Waals surface area (Å²) in [7, 11) is 0. The molecule has 0 aliphatic carbocycles. The minimum Gasteiger partial charge on any atom is -0.380 e. The number of rotatable bonds is 7. The van der Waals surface area contributed by atoms with Gasteiger partial charge >= 0.3 is 0 Å². The van der Waals surface area contributed by atoms with E-state index in [1.165, 1.54) is 11.3 Å². The zero-order valence-electron chi connectivity index (χ0n) is 14.6. The van der Waals surface area contributed by atoms with Crippen molar-refractivity contribution >= 4 is 23.2 Å². The normalized spacial score (nSPS) is 20.0. The summed E-state index contributed by atoms with van der Waals surface area (Å²) in [4.78, 5) is 27.0. The van der Waals surface area contributed by atoms with Gasteiger partial charge in [-0.15, -0.1) is 11.3 Å². The Morgan fingerprint density at radius 2 is 2.20 bits per heavy atom. The molecule has 0 saturated carbocycles. The van der Waals surface area contributed by atoms with E-state index in [9.17, 15) is 19.8 Å². The van der Waals surface area contributed by atoms with Crippen LogP contribution in [0.15, 0.2) is 23.6 Å². The molecule has 2 rings (SSSR count). The average Bonchev–Trinajstić information content (AvgIpc) is 3.24. The molecule has 1 aromatic heterocycles. The van der Waals surface area contributed by atoms with Crippen LogP contribution >= 0.6 is 11.3 Å². The third-order valence-electron chi connectivity index (χ3n) is 4.35. The molecule has 2 amide bonds. The van der Waals surface area contributed by atoms with Gasteiger partial charge in [0.1, 0.15) is 0 Å². The zero-order chi connectivity index (χ0) is 18.4. The maximum absolute atomic E-state index is 12.5. The lowest BCUT2D eigenvalue weighted by Gasteiger charge is -2.27. The van der Waals surface area contributed by atoms with Crippen LogP contribution < -0.4 is 5.32 Å². The Labute approximate surface area is 152 Å². The zero-order valence-corrected chi connectivity index (χ0v) is 15.5. The molecule has 1 aliphatic heterocycles. The van der Waals surface area contributed by atoms with Crippen molar-refractivity contribution in [3.05, 3.63) is 34.0 Å². The Morgan fingerprint density at radius 1 is 1.44 bits per heavy atom. The van der Waals surface area contributed by atoms with Crippen molar-refractivity contribution in [1.29, 1.82) is 0 Å². The van der Waals surface area contributed by atoms with Gasteiger partial charge in [-0.2, -0.15) is 0 Å². The molecule has 0 bridgehead atoms.